The van der Waals surface area contributed by atoms with Crippen LogP contribution in [0.25, 0.3) is 0 Å². The van der Waals surface area contributed by atoms with Gasteiger partial charge in [-0.25, -0.2) is 8.42 Å². The second-order valence-corrected chi connectivity index (χ2v) is 9.06. The largest absolute Gasteiger partial charge is 0.451 e. The van der Waals surface area contributed by atoms with Crippen LogP contribution in [0.3, 0.4) is 0 Å². The first kappa shape index (κ1) is 21.7. The lowest BCUT2D eigenvalue weighted by Gasteiger charge is -2.25. The number of nitrogens with zero attached hydrogens (tertiary/aromatic N) is 1. The Hall–Kier alpha value is -1.64. The van der Waals surface area contributed by atoms with E-state index in [2.05, 4.69) is 4.72 Å². The van der Waals surface area contributed by atoms with E-state index in [1.54, 1.807) is 18.7 Å². The van der Waals surface area contributed by atoms with Crippen LogP contribution in [-0.2, 0) is 24.3 Å². The molecule has 150 valence electrons. The highest BCUT2D eigenvalue weighted by Gasteiger charge is 2.33. The quantitative estimate of drug-likeness (QED) is 0.688. The zero-order valence-corrected chi connectivity index (χ0v) is 17.2. The number of hydrogen-bond acceptors (Lipinski definition) is 5. The highest BCUT2D eigenvalue weighted by Crippen LogP contribution is 2.17. The molecule has 0 unspecified atom stereocenters. The maximum absolute atomic E-state index is 12.6. The Morgan fingerprint density at radius 3 is 2.19 bits per heavy atom. The van der Waals surface area contributed by atoms with E-state index >= 15 is 0 Å². The molecule has 1 aromatic carbocycles. The summed E-state index contributed by atoms with van der Waals surface area (Å²) in [5.41, 5.74) is 0. The number of amides is 1. The fraction of sp³-hybridized carbons (Fsp3) is 0.556. The van der Waals surface area contributed by atoms with Crippen LogP contribution in [0.1, 0.15) is 33.6 Å². The number of benzene rings is 1. The summed E-state index contributed by atoms with van der Waals surface area (Å²) in [6, 6.07) is 4.50. The number of carbonyl (C=O) groups is 2. The smallest absolute Gasteiger partial charge is 0.325 e. The lowest BCUT2D eigenvalue weighted by Crippen LogP contribution is -2.47. The number of halogens is 1. The minimum Gasteiger partial charge on any atom is -0.451 e. The standard InChI is InChI=1S/C18H25ClN2O5S/c1-12(2)16(20-27(24,25)15-8-6-14(19)7-9-15)18(23)26-13(3)17(22)21-10-4-5-11-21/h6-9,12-13,16,20H,4-5,10-11H2,1-3H3/t13-,16+/m1/s1. The lowest BCUT2D eigenvalue weighted by atomic mass is 10.1. The highest BCUT2D eigenvalue weighted by atomic mass is 35.5. The summed E-state index contributed by atoms with van der Waals surface area (Å²) >= 11 is 5.78. The fourth-order valence-electron chi connectivity index (χ4n) is 2.80. The van der Waals surface area contributed by atoms with Gasteiger partial charge in [0.1, 0.15) is 6.04 Å². The van der Waals surface area contributed by atoms with E-state index < -0.39 is 28.1 Å². The number of nitrogens with one attached hydrogen (secondary N) is 1. The van der Waals surface area contributed by atoms with Gasteiger partial charge in [0.25, 0.3) is 5.91 Å². The van der Waals surface area contributed by atoms with Crippen molar-refractivity contribution in [2.24, 2.45) is 5.92 Å². The van der Waals surface area contributed by atoms with Crippen LogP contribution < -0.4 is 4.72 Å². The number of carbonyl (C=O) groups excluding carboxylic acids is 2. The van der Waals surface area contributed by atoms with Gasteiger partial charge in [-0.05, 0) is 49.9 Å². The van der Waals surface area contributed by atoms with Crippen molar-refractivity contribution in [2.45, 2.75) is 50.7 Å². The Morgan fingerprint density at radius 2 is 1.67 bits per heavy atom. The van der Waals surface area contributed by atoms with Gasteiger partial charge in [-0.1, -0.05) is 25.4 Å². The average molecular weight is 417 g/mol. The third kappa shape index (κ3) is 5.67. The van der Waals surface area contributed by atoms with Gasteiger partial charge >= 0.3 is 5.97 Å². The van der Waals surface area contributed by atoms with Gasteiger partial charge in [-0.15, -0.1) is 0 Å². The van der Waals surface area contributed by atoms with Crippen LogP contribution in [0.2, 0.25) is 5.02 Å². The highest BCUT2D eigenvalue weighted by molar-refractivity contribution is 7.89. The molecule has 2 atom stereocenters. The molecule has 0 aliphatic carbocycles. The predicted octanol–water partition coefficient (Wildman–Crippen LogP) is 2.20. The number of ether oxygens (including phenoxy) is 1. The van der Waals surface area contributed by atoms with Crippen molar-refractivity contribution in [2.75, 3.05) is 13.1 Å². The first-order valence-corrected chi connectivity index (χ1v) is 10.7. The van der Waals surface area contributed by atoms with E-state index in [0.29, 0.717) is 18.1 Å². The van der Waals surface area contributed by atoms with E-state index in [9.17, 15) is 18.0 Å². The second kappa shape index (κ2) is 9.03. The Labute approximate surface area is 165 Å². The van der Waals surface area contributed by atoms with Crippen LogP contribution in [0.15, 0.2) is 29.2 Å². The third-order valence-electron chi connectivity index (χ3n) is 4.39. The number of sulfonamides is 1. The number of rotatable bonds is 7. The van der Waals surface area contributed by atoms with Crippen LogP contribution >= 0.6 is 11.6 Å². The molecule has 1 amide bonds. The molecule has 0 bridgehead atoms. The van der Waals surface area contributed by atoms with Gasteiger partial charge in [0.2, 0.25) is 10.0 Å². The molecule has 1 aliphatic heterocycles. The maximum atomic E-state index is 12.6. The summed E-state index contributed by atoms with van der Waals surface area (Å²) in [5, 5.41) is 0.406. The number of hydrogen-bond donors (Lipinski definition) is 1. The molecule has 1 heterocycles. The van der Waals surface area contributed by atoms with Gasteiger partial charge in [-0.3, -0.25) is 9.59 Å². The molecule has 1 fully saturated rings. The van der Waals surface area contributed by atoms with E-state index in [1.807, 2.05) is 0 Å². The van der Waals surface area contributed by atoms with E-state index in [4.69, 9.17) is 16.3 Å². The molecular weight excluding hydrogens is 392 g/mol. The van der Waals surface area contributed by atoms with Crippen molar-refractivity contribution in [1.82, 2.24) is 9.62 Å². The van der Waals surface area contributed by atoms with Crippen molar-refractivity contribution in [3.8, 4) is 0 Å². The topological polar surface area (TPSA) is 92.8 Å². The molecule has 1 N–H and O–H groups in total. The molecule has 7 nitrogen and oxygen atoms in total. The van der Waals surface area contributed by atoms with Crippen molar-refractivity contribution >= 4 is 33.5 Å². The molecule has 0 aromatic heterocycles. The van der Waals surface area contributed by atoms with Crippen LogP contribution in [0, 0.1) is 5.92 Å². The van der Waals surface area contributed by atoms with Crippen molar-refractivity contribution in [1.29, 1.82) is 0 Å². The van der Waals surface area contributed by atoms with Gasteiger partial charge in [0.05, 0.1) is 4.90 Å². The Kier molecular flexibility index (Phi) is 7.25. The molecule has 0 saturated carbocycles. The Balaban J connectivity index is 2.08. The van der Waals surface area contributed by atoms with Crippen LogP contribution in [0.5, 0.6) is 0 Å². The second-order valence-electron chi connectivity index (χ2n) is 6.91. The third-order valence-corrected chi connectivity index (χ3v) is 6.09. The SMILES string of the molecule is CC(C)[C@H](NS(=O)(=O)c1ccc(Cl)cc1)C(=O)O[C@H](C)C(=O)N1CCCC1. The van der Waals surface area contributed by atoms with Crippen molar-refractivity contribution < 1.29 is 22.7 Å². The molecule has 2 rings (SSSR count). The summed E-state index contributed by atoms with van der Waals surface area (Å²) in [6.45, 7) is 6.20. The zero-order chi connectivity index (χ0) is 20.2. The van der Waals surface area contributed by atoms with Crippen molar-refractivity contribution in [3.05, 3.63) is 29.3 Å². The minimum atomic E-state index is -3.94. The minimum absolute atomic E-state index is 0.00783. The molecule has 0 spiro atoms. The van der Waals surface area contributed by atoms with Crippen molar-refractivity contribution in [3.63, 3.8) is 0 Å². The summed E-state index contributed by atoms with van der Waals surface area (Å²) < 4.78 is 32.8. The monoisotopic (exact) mass is 416 g/mol. The first-order chi connectivity index (χ1) is 12.6. The van der Waals surface area contributed by atoms with E-state index in [0.717, 1.165) is 12.8 Å². The Morgan fingerprint density at radius 1 is 1.11 bits per heavy atom. The maximum Gasteiger partial charge on any atom is 0.325 e. The normalized spacial score (nSPS) is 17.0. The van der Waals surface area contributed by atoms with Gasteiger partial charge in [0, 0.05) is 18.1 Å². The van der Waals surface area contributed by atoms with Gasteiger partial charge in [0.15, 0.2) is 6.10 Å². The summed E-state index contributed by atoms with van der Waals surface area (Å²) in [6.07, 6.45) is 0.904. The van der Waals surface area contributed by atoms with Crippen LogP contribution in [0.4, 0.5) is 0 Å². The number of likely N-dealkylation sites (tertiary alicyclic amines) is 1. The van der Waals surface area contributed by atoms with Gasteiger partial charge in [-0.2, -0.15) is 4.72 Å². The summed E-state index contributed by atoms with van der Waals surface area (Å²) in [4.78, 5) is 26.5. The molecule has 1 saturated heterocycles. The predicted molar refractivity (Wildman–Crippen MR) is 102 cm³/mol. The number of esters is 1. The lowest BCUT2D eigenvalue weighted by molar-refractivity contribution is -0.160. The molecule has 9 heteroatoms. The summed E-state index contributed by atoms with van der Waals surface area (Å²) in [5.74, 6) is -1.40. The first-order valence-electron chi connectivity index (χ1n) is 8.89. The molecule has 0 radical (unpaired) electrons. The van der Waals surface area contributed by atoms with Gasteiger partial charge < -0.3 is 9.64 Å². The molecule has 1 aromatic rings. The van der Waals surface area contributed by atoms with E-state index in [-0.39, 0.29) is 16.7 Å². The molecular formula is C18H25ClN2O5S. The summed E-state index contributed by atoms with van der Waals surface area (Å²) in [7, 11) is -3.94. The Bertz CT molecular complexity index is 773. The molecule has 1 aliphatic rings. The van der Waals surface area contributed by atoms with E-state index in [1.165, 1.54) is 31.2 Å². The molecule has 27 heavy (non-hydrogen) atoms. The fourth-order valence-corrected chi connectivity index (χ4v) is 4.26. The zero-order valence-electron chi connectivity index (χ0n) is 15.6. The van der Waals surface area contributed by atoms with Crippen LogP contribution in [-0.4, -0.2) is 50.4 Å². The average Bonchev–Trinajstić information content (AvgIpc) is 3.13.